The van der Waals surface area contributed by atoms with Gasteiger partial charge in [0.1, 0.15) is 0 Å². The largest absolute Gasteiger partial charge is 0.308 e. The molecule has 0 amide bonds. The van der Waals surface area contributed by atoms with Gasteiger partial charge in [0.25, 0.3) is 0 Å². The van der Waals surface area contributed by atoms with Crippen molar-refractivity contribution in [2.75, 3.05) is 0 Å². The van der Waals surface area contributed by atoms with E-state index in [2.05, 4.69) is 193 Å². The van der Waals surface area contributed by atoms with E-state index in [0.717, 1.165) is 45.2 Å². The number of para-hydroxylation sites is 2. The molecule has 0 bridgehead atoms. The zero-order chi connectivity index (χ0) is 37.5. The lowest BCUT2D eigenvalue weighted by atomic mass is 10.00. The lowest BCUT2D eigenvalue weighted by molar-refractivity contribution is 1.19. The second kappa shape index (κ2) is 12.8. The molecule has 0 spiro atoms. The van der Waals surface area contributed by atoms with Gasteiger partial charge < -0.3 is 4.57 Å². The number of hydrogen-bond donors (Lipinski definition) is 0. The lowest BCUT2D eigenvalue weighted by Gasteiger charge is -2.11. The number of rotatable bonds is 5. The molecule has 3 nitrogen and oxygen atoms in total. The minimum absolute atomic E-state index is 0.717. The van der Waals surface area contributed by atoms with Gasteiger partial charge in [0.15, 0.2) is 5.82 Å². The van der Waals surface area contributed by atoms with Crippen molar-refractivity contribution < 1.29 is 0 Å². The van der Waals surface area contributed by atoms with Gasteiger partial charge in [0.05, 0.1) is 27.1 Å². The summed E-state index contributed by atoms with van der Waals surface area (Å²) >= 11 is 3.69. The standard InChI is InChI=1S/C52H31N3S2/c1-3-13-32(14-4-1)33-15-11-16-34(29-33)44-31-45(54-52(53-44)35-25-28-48-43(30-35)38-20-8-10-24-47(38)56-48)42-22-12-21-40-41-27-26-39-37-19-7-9-23-46(37)55(36-17-5-2-6-18-36)49(39)51(41)57-50(40)42/h1-31H. The summed E-state index contributed by atoms with van der Waals surface area (Å²) in [4.78, 5) is 10.8. The van der Waals surface area contributed by atoms with Crippen molar-refractivity contribution in [3.8, 4) is 50.7 Å². The summed E-state index contributed by atoms with van der Waals surface area (Å²) in [6, 6.07) is 67.6. The van der Waals surface area contributed by atoms with Crippen LogP contribution in [-0.2, 0) is 0 Å². The molecule has 0 fully saturated rings. The first-order chi connectivity index (χ1) is 28.2. The van der Waals surface area contributed by atoms with Gasteiger partial charge in [0.2, 0.25) is 0 Å². The van der Waals surface area contributed by atoms with E-state index in [0.29, 0.717) is 0 Å². The van der Waals surface area contributed by atoms with Crippen LogP contribution in [0.1, 0.15) is 0 Å². The van der Waals surface area contributed by atoms with Gasteiger partial charge in [-0.2, -0.15) is 0 Å². The molecule has 0 aliphatic rings. The number of benzene rings is 8. The topological polar surface area (TPSA) is 30.7 Å². The van der Waals surface area contributed by atoms with Crippen molar-refractivity contribution in [2.24, 2.45) is 0 Å². The summed E-state index contributed by atoms with van der Waals surface area (Å²) in [5.41, 5.74) is 10.9. The summed E-state index contributed by atoms with van der Waals surface area (Å²) in [6.45, 7) is 0. The van der Waals surface area contributed by atoms with Crippen LogP contribution in [-0.4, -0.2) is 14.5 Å². The van der Waals surface area contributed by atoms with E-state index in [-0.39, 0.29) is 0 Å². The predicted molar refractivity (Wildman–Crippen MR) is 244 cm³/mol. The first-order valence-electron chi connectivity index (χ1n) is 19.1. The molecule has 0 aliphatic carbocycles. The van der Waals surface area contributed by atoms with Gasteiger partial charge in [-0.1, -0.05) is 133 Å². The van der Waals surface area contributed by atoms with Gasteiger partial charge in [-0.25, -0.2) is 9.97 Å². The molecule has 4 aromatic heterocycles. The average Bonchev–Trinajstić information content (AvgIpc) is 3.96. The zero-order valence-electron chi connectivity index (χ0n) is 30.6. The number of fused-ring (bicyclic) bond motifs is 10. The molecule has 4 heterocycles. The third-order valence-electron chi connectivity index (χ3n) is 11.2. The van der Waals surface area contributed by atoms with Crippen molar-refractivity contribution in [3.05, 3.63) is 188 Å². The molecule has 0 N–H and O–H groups in total. The minimum atomic E-state index is 0.717. The van der Waals surface area contributed by atoms with Crippen molar-refractivity contribution in [3.63, 3.8) is 0 Å². The van der Waals surface area contributed by atoms with Crippen molar-refractivity contribution in [1.29, 1.82) is 0 Å². The molecule has 12 aromatic rings. The molecule has 0 aliphatic heterocycles. The summed E-state index contributed by atoms with van der Waals surface area (Å²) < 4.78 is 7.48. The van der Waals surface area contributed by atoms with Gasteiger partial charge in [-0.05, 0) is 65.7 Å². The maximum absolute atomic E-state index is 5.43. The van der Waals surface area contributed by atoms with Crippen LogP contribution < -0.4 is 0 Å². The SMILES string of the molecule is c1ccc(-c2cccc(-c3cc(-c4cccc5c4sc4c5ccc5c6ccccc6n(-c6ccccc6)c54)nc(-c4ccc5sc6ccccc6c5c4)n3)c2)cc1. The Balaban J connectivity index is 1.11. The number of thiophene rings is 2. The summed E-state index contributed by atoms with van der Waals surface area (Å²) in [5, 5.41) is 7.51. The molecule has 5 heteroatoms. The van der Waals surface area contributed by atoms with Crippen LogP contribution in [0.3, 0.4) is 0 Å². The van der Waals surface area contributed by atoms with E-state index in [1.165, 1.54) is 67.7 Å². The van der Waals surface area contributed by atoms with E-state index in [1.54, 1.807) is 0 Å². The lowest BCUT2D eigenvalue weighted by Crippen LogP contribution is -1.96. The summed E-state index contributed by atoms with van der Waals surface area (Å²) in [5.74, 6) is 0.717. The van der Waals surface area contributed by atoms with Gasteiger partial charge in [-0.15, -0.1) is 22.7 Å². The molecule has 12 rings (SSSR count). The monoisotopic (exact) mass is 761 g/mol. The average molecular weight is 762 g/mol. The normalized spacial score (nSPS) is 11.9. The van der Waals surface area contributed by atoms with Crippen LogP contribution in [0.5, 0.6) is 0 Å². The second-order valence-corrected chi connectivity index (χ2v) is 16.6. The molecule has 8 aromatic carbocycles. The van der Waals surface area contributed by atoms with Crippen LogP contribution in [0.25, 0.3) is 113 Å². The fraction of sp³-hybridized carbons (Fsp3) is 0. The third kappa shape index (κ3) is 5.17. The fourth-order valence-corrected chi connectivity index (χ4v) is 11.0. The van der Waals surface area contributed by atoms with Crippen LogP contribution in [0.15, 0.2) is 188 Å². The molecule has 0 atom stereocenters. The highest BCUT2D eigenvalue weighted by Gasteiger charge is 2.21. The molecule has 0 radical (unpaired) electrons. The highest BCUT2D eigenvalue weighted by atomic mass is 32.1. The van der Waals surface area contributed by atoms with E-state index < -0.39 is 0 Å². The second-order valence-electron chi connectivity index (χ2n) is 14.5. The Labute approximate surface area is 336 Å². The number of hydrogen-bond acceptors (Lipinski definition) is 4. The van der Waals surface area contributed by atoms with Gasteiger partial charge >= 0.3 is 0 Å². The summed E-state index contributed by atoms with van der Waals surface area (Å²) in [7, 11) is 0. The van der Waals surface area contributed by atoms with Gasteiger partial charge in [0, 0.05) is 68.8 Å². The Hall–Kier alpha value is -6.92. The van der Waals surface area contributed by atoms with Crippen LogP contribution in [0, 0.1) is 0 Å². The molecule has 57 heavy (non-hydrogen) atoms. The molecule has 0 unspecified atom stereocenters. The Morgan fingerprint density at radius 3 is 1.93 bits per heavy atom. The maximum Gasteiger partial charge on any atom is 0.160 e. The highest BCUT2D eigenvalue weighted by molar-refractivity contribution is 7.27. The van der Waals surface area contributed by atoms with Crippen molar-refractivity contribution in [1.82, 2.24) is 14.5 Å². The maximum atomic E-state index is 5.43. The fourth-order valence-electron chi connectivity index (χ4n) is 8.57. The predicted octanol–water partition coefficient (Wildman–Crippen LogP) is 15.0. The number of nitrogens with zero attached hydrogens (tertiary/aromatic N) is 3. The van der Waals surface area contributed by atoms with Crippen LogP contribution in [0.2, 0.25) is 0 Å². The quantitative estimate of drug-likeness (QED) is 0.175. The van der Waals surface area contributed by atoms with E-state index >= 15 is 0 Å². The van der Waals surface area contributed by atoms with Crippen molar-refractivity contribution >= 4 is 84.8 Å². The highest BCUT2D eigenvalue weighted by Crippen LogP contribution is 2.46. The molecule has 266 valence electrons. The Morgan fingerprint density at radius 1 is 0.368 bits per heavy atom. The molecular weight excluding hydrogens is 731 g/mol. The van der Waals surface area contributed by atoms with E-state index in [4.69, 9.17) is 9.97 Å². The van der Waals surface area contributed by atoms with E-state index in [1.807, 2.05) is 22.7 Å². The number of aromatic nitrogens is 3. The molecular formula is C52H31N3S2. The zero-order valence-corrected chi connectivity index (χ0v) is 32.2. The third-order valence-corrected chi connectivity index (χ3v) is 13.6. The van der Waals surface area contributed by atoms with Crippen molar-refractivity contribution in [2.45, 2.75) is 0 Å². The first-order valence-corrected chi connectivity index (χ1v) is 20.8. The van der Waals surface area contributed by atoms with E-state index in [9.17, 15) is 0 Å². The Bertz CT molecular complexity index is 3520. The minimum Gasteiger partial charge on any atom is -0.308 e. The first kappa shape index (κ1) is 32.3. The van der Waals surface area contributed by atoms with Crippen LogP contribution >= 0.6 is 22.7 Å². The van der Waals surface area contributed by atoms with Crippen LogP contribution in [0.4, 0.5) is 0 Å². The molecule has 0 saturated heterocycles. The van der Waals surface area contributed by atoms with Gasteiger partial charge in [-0.3, -0.25) is 0 Å². The Morgan fingerprint density at radius 2 is 1.04 bits per heavy atom. The molecule has 0 saturated carbocycles. The smallest absolute Gasteiger partial charge is 0.160 e. The summed E-state index contributed by atoms with van der Waals surface area (Å²) in [6.07, 6.45) is 0. The Kier molecular flexibility index (Phi) is 7.27.